The number of fused-ring (bicyclic) bond motifs is 1. The number of carbonyl (C=O) groups is 4. The van der Waals surface area contributed by atoms with Crippen molar-refractivity contribution in [1.82, 2.24) is 9.80 Å². The zero-order chi connectivity index (χ0) is 21.3. The quantitative estimate of drug-likeness (QED) is 0.371. The number of urea groups is 1. The first-order valence-electron chi connectivity index (χ1n) is 9.80. The van der Waals surface area contributed by atoms with E-state index in [1.165, 1.54) is 6.08 Å². The van der Waals surface area contributed by atoms with Gasteiger partial charge >= 0.3 is 17.8 Å². The van der Waals surface area contributed by atoms with Crippen molar-refractivity contribution >= 4 is 29.4 Å². The van der Waals surface area contributed by atoms with Gasteiger partial charge < -0.3 is 19.7 Å². The number of anilines is 1. The standard InChI is InChI=1S/C20H22N4O6/c1-2-7-23-18(26)19(27)24(20(23)28)11-22-8-5-13(6-9-22)17(25)21-14-3-4-15-16(10-14)30-12-29-15/h2-4,10,13H,1,5-9,11-12H2,(H,21,25)/p+1. The number of hydrogen-bond donors (Lipinski definition) is 2. The third-order valence-electron chi connectivity index (χ3n) is 5.53. The number of imide groups is 2. The summed E-state index contributed by atoms with van der Waals surface area (Å²) in [6, 6.07) is 4.64. The molecule has 3 aliphatic heterocycles. The summed E-state index contributed by atoms with van der Waals surface area (Å²) in [6.45, 7) is 5.04. The molecular weight excluding hydrogens is 392 g/mol. The first-order chi connectivity index (χ1) is 14.5. The van der Waals surface area contributed by atoms with E-state index < -0.39 is 17.8 Å². The minimum atomic E-state index is -0.822. The number of amides is 5. The average molecular weight is 415 g/mol. The molecule has 158 valence electrons. The van der Waals surface area contributed by atoms with E-state index in [4.69, 9.17) is 9.47 Å². The molecule has 0 atom stereocenters. The first kappa shape index (κ1) is 19.9. The summed E-state index contributed by atoms with van der Waals surface area (Å²) >= 11 is 0. The minimum absolute atomic E-state index is 0.0113. The molecule has 10 heteroatoms. The maximum Gasteiger partial charge on any atom is 0.339 e. The molecule has 3 aliphatic rings. The van der Waals surface area contributed by atoms with Gasteiger partial charge in [0.15, 0.2) is 18.2 Å². The van der Waals surface area contributed by atoms with Gasteiger partial charge in [-0.3, -0.25) is 19.3 Å². The molecule has 0 saturated carbocycles. The Kier molecular flexibility index (Phi) is 5.40. The molecule has 4 rings (SSSR count). The number of hydrogen-bond acceptors (Lipinski definition) is 6. The van der Waals surface area contributed by atoms with Crippen molar-refractivity contribution in [3.8, 4) is 11.5 Å². The van der Waals surface area contributed by atoms with Crippen molar-refractivity contribution in [1.29, 1.82) is 0 Å². The number of likely N-dealkylation sites (tertiary alicyclic amines) is 1. The highest BCUT2D eigenvalue weighted by atomic mass is 16.7. The maximum atomic E-state index is 12.6. The van der Waals surface area contributed by atoms with E-state index in [0.717, 1.165) is 14.7 Å². The first-order valence-corrected chi connectivity index (χ1v) is 9.80. The fraction of sp³-hybridized carbons (Fsp3) is 0.400. The number of piperidine rings is 1. The highest BCUT2D eigenvalue weighted by Crippen LogP contribution is 2.34. The van der Waals surface area contributed by atoms with Crippen LogP contribution in [0.25, 0.3) is 0 Å². The molecule has 3 heterocycles. The third-order valence-corrected chi connectivity index (χ3v) is 5.53. The van der Waals surface area contributed by atoms with Gasteiger partial charge in [-0.05, 0) is 12.1 Å². The van der Waals surface area contributed by atoms with Crippen LogP contribution >= 0.6 is 0 Å². The van der Waals surface area contributed by atoms with Gasteiger partial charge in [0, 0.05) is 37.1 Å². The Balaban J connectivity index is 1.29. The number of benzene rings is 1. The topological polar surface area (TPSA) is 110 Å². The number of rotatable bonds is 6. The summed E-state index contributed by atoms with van der Waals surface area (Å²) < 4.78 is 10.6. The van der Waals surface area contributed by atoms with Gasteiger partial charge in [0.05, 0.1) is 13.1 Å². The van der Waals surface area contributed by atoms with Gasteiger partial charge in [0.2, 0.25) is 12.7 Å². The molecule has 1 aromatic carbocycles. The molecule has 2 saturated heterocycles. The van der Waals surface area contributed by atoms with Crippen LogP contribution in [0.15, 0.2) is 30.9 Å². The van der Waals surface area contributed by atoms with Gasteiger partial charge in [-0.15, -0.1) is 6.58 Å². The number of nitrogens with one attached hydrogen (secondary N) is 2. The average Bonchev–Trinajstić information content (AvgIpc) is 3.29. The third kappa shape index (κ3) is 3.73. The lowest BCUT2D eigenvalue weighted by Crippen LogP contribution is -3.14. The second kappa shape index (κ2) is 8.15. The summed E-state index contributed by atoms with van der Waals surface area (Å²) in [7, 11) is 0. The molecule has 10 nitrogen and oxygen atoms in total. The van der Waals surface area contributed by atoms with Gasteiger partial charge in [0.25, 0.3) is 0 Å². The van der Waals surface area contributed by atoms with Crippen LogP contribution in [0.1, 0.15) is 12.8 Å². The van der Waals surface area contributed by atoms with Crippen molar-refractivity contribution in [2.75, 3.05) is 38.4 Å². The second-order valence-corrected chi connectivity index (χ2v) is 7.46. The maximum absolute atomic E-state index is 12.6. The molecule has 0 bridgehead atoms. The SMILES string of the molecule is C=CCN1C(=O)C(=O)N(C[NH+]2CCC(C(=O)Nc3ccc4c(c3)OCO4)CC2)C1=O. The van der Waals surface area contributed by atoms with Crippen LogP contribution in [-0.2, 0) is 14.4 Å². The predicted octanol–water partition coefficient (Wildman–Crippen LogP) is -0.417. The molecule has 1 aromatic rings. The molecular formula is C20H23N4O6+. The molecule has 5 amide bonds. The minimum Gasteiger partial charge on any atom is -0.454 e. The van der Waals surface area contributed by atoms with Crippen molar-refractivity contribution in [3.63, 3.8) is 0 Å². The van der Waals surface area contributed by atoms with E-state index in [0.29, 0.717) is 43.1 Å². The van der Waals surface area contributed by atoms with Crippen molar-refractivity contribution < 1.29 is 33.6 Å². The number of nitrogens with zero attached hydrogens (tertiary/aromatic N) is 2. The Morgan fingerprint density at radius 1 is 1.13 bits per heavy atom. The molecule has 0 radical (unpaired) electrons. The van der Waals surface area contributed by atoms with Gasteiger partial charge in [-0.1, -0.05) is 6.08 Å². The number of quaternary nitrogens is 1. The summed E-state index contributed by atoms with van der Waals surface area (Å²) in [5, 5.41) is 2.91. The molecule has 0 spiro atoms. The van der Waals surface area contributed by atoms with Gasteiger partial charge in [-0.25, -0.2) is 9.69 Å². The Hall–Kier alpha value is -3.40. The lowest BCUT2D eigenvalue weighted by Gasteiger charge is -2.30. The van der Waals surface area contributed by atoms with Crippen LogP contribution < -0.4 is 19.7 Å². The molecule has 0 aliphatic carbocycles. The van der Waals surface area contributed by atoms with Crippen LogP contribution in [0.2, 0.25) is 0 Å². The monoisotopic (exact) mass is 415 g/mol. The molecule has 2 fully saturated rings. The van der Waals surface area contributed by atoms with Crippen molar-refractivity contribution in [2.24, 2.45) is 5.92 Å². The Morgan fingerprint density at radius 2 is 1.83 bits per heavy atom. The summed E-state index contributed by atoms with van der Waals surface area (Å²) in [5.41, 5.74) is 0.646. The van der Waals surface area contributed by atoms with E-state index in [2.05, 4.69) is 11.9 Å². The lowest BCUT2D eigenvalue weighted by atomic mass is 9.96. The highest BCUT2D eigenvalue weighted by molar-refractivity contribution is 6.44. The lowest BCUT2D eigenvalue weighted by molar-refractivity contribution is -0.912. The van der Waals surface area contributed by atoms with E-state index in [9.17, 15) is 19.2 Å². The molecule has 0 aromatic heterocycles. The normalized spacial score (nSPS) is 23.1. The van der Waals surface area contributed by atoms with E-state index >= 15 is 0 Å². The predicted molar refractivity (Wildman–Crippen MR) is 104 cm³/mol. The molecule has 30 heavy (non-hydrogen) atoms. The summed E-state index contributed by atoms with van der Waals surface area (Å²) in [4.78, 5) is 51.8. The smallest absolute Gasteiger partial charge is 0.339 e. The van der Waals surface area contributed by atoms with E-state index in [-0.39, 0.29) is 31.8 Å². The Morgan fingerprint density at radius 3 is 2.57 bits per heavy atom. The molecule has 2 N–H and O–H groups in total. The largest absolute Gasteiger partial charge is 0.454 e. The van der Waals surface area contributed by atoms with Crippen molar-refractivity contribution in [2.45, 2.75) is 12.8 Å². The van der Waals surface area contributed by atoms with Gasteiger partial charge in [-0.2, -0.15) is 0 Å². The van der Waals surface area contributed by atoms with Crippen molar-refractivity contribution in [3.05, 3.63) is 30.9 Å². The van der Waals surface area contributed by atoms with E-state index in [1.54, 1.807) is 18.2 Å². The zero-order valence-electron chi connectivity index (χ0n) is 16.4. The zero-order valence-corrected chi connectivity index (χ0v) is 16.4. The number of ether oxygens (including phenoxy) is 2. The van der Waals surface area contributed by atoms with Crippen LogP contribution in [0.3, 0.4) is 0 Å². The van der Waals surface area contributed by atoms with Crippen LogP contribution in [0.5, 0.6) is 11.5 Å². The second-order valence-electron chi connectivity index (χ2n) is 7.46. The summed E-state index contributed by atoms with van der Waals surface area (Å²) in [6.07, 6.45) is 2.64. The van der Waals surface area contributed by atoms with E-state index in [1.807, 2.05) is 0 Å². The Bertz CT molecular complexity index is 909. The van der Waals surface area contributed by atoms with Crippen LogP contribution in [0.4, 0.5) is 10.5 Å². The fourth-order valence-electron chi connectivity index (χ4n) is 3.87. The molecule has 0 unspecified atom stereocenters. The van der Waals surface area contributed by atoms with Crippen LogP contribution in [-0.4, -0.2) is 66.6 Å². The summed E-state index contributed by atoms with van der Waals surface area (Å²) in [5.74, 6) is -0.612. The number of carbonyl (C=O) groups excluding carboxylic acids is 4. The van der Waals surface area contributed by atoms with Crippen LogP contribution in [0, 0.1) is 5.92 Å². The Labute approximate surface area is 173 Å². The van der Waals surface area contributed by atoms with Gasteiger partial charge in [0.1, 0.15) is 0 Å². The highest BCUT2D eigenvalue weighted by Gasteiger charge is 2.46. The fourth-order valence-corrected chi connectivity index (χ4v) is 3.87.